The second-order valence-electron chi connectivity index (χ2n) is 7.55. The van der Waals surface area contributed by atoms with Crippen LogP contribution in [-0.4, -0.2) is 58.6 Å². The predicted octanol–water partition coefficient (Wildman–Crippen LogP) is 2.60. The lowest BCUT2D eigenvalue weighted by molar-refractivity contribution is 0.102. The fourth-order valence-corrected chi connectivity index (χ4v) is 3.83. The monoisotopic (exact) mass is 420 g/mol. The van der Waals surface area contributed by atoms with Gasteiger partial charge >= 0.3 is 0 Å². The molecule has 9 nitrogen and oxygen atoms in total. The molecule has 1 amide bonds. The van der Waals surface area contributed by atoms with E-state index in [2.05, 4.69) is 25.4 Å². The SMILES string of the molecule is O=C1Nc2cccc(n2)-c2nncn2CCCCOc2cc(N3CCOCC3)ccc21. The lowest BCUT2D eigenvalue weighted by atomic mass is 10.1. The molecule has 0 saturated carbocycles. The van der Waals surface area contributed by atoms with Crippen molar-refractivity contribution in [1.29, 1.82) is 0 Å². The molecular formula is C22H24N6O3. The molecule has 0 radical (unpaired) electrons. The topological polar surface area (TPSA) is 94.4 Å². The third-order valence-electron chi connectivity index (χ3n) is 5.47. The maximum Gasteiger partial charge on any atom is 0.260 e. The highest BCUT2D eigenvalue weighted by Crippen LogP contribution is 2.28. The van der Waals surface area contributed by atoms with E-state index >= 15 is 0 Å². The van der Waals surface area contributed by atoms with Crippen LogP contribution in [0.5, 0.6) is 5.75 Å². The molecule has 2 aliphatic rings. The van der Waals surface area contributed by atoms with Crippen molar-refractivity contribution in [2.45, 2.75) is 19.4 Å². The van der Waals surface area contributed by atoms with Gasteiger partial charge in [-0.05, 0) is 37.1 Å². The Morgan fingerprint density at radius 1 is 1.00 bits per heavy atom. The van der Waals surface area contributed by atoms with Gasteiger partial charge in [-0.3, -0.25) is 4.79 Å². The zero-order valence-electron chi connectivity index (χ0n) is 17.2. The van der Waals surface area contributed by atoms with Crippen LogP contribution in [0.25, 0.3) is 11.5 Å². The van der Waals surface area contributed by atoms with Gasteiger partial charge < -0.3 is 24.3 Å². The highest BCUT2D eigenvalue weighted by molar-refractivity contribution is 6.06. The first-order valence-electron chi connectivity index (χ1n) is 10.5. The molecule has 2 aliphatic heterocycles. The van der Waals surface area contributed by atoms with E-state index in [0.29, 0.717) is 48.5 Å². The number of hydrogen-bond acceptors (Lipinski definition) is 7. The number of benzene rings is 1. The molecule has 3 aromatic rings. The van der Waals surface area contributed by atoms with Crippen LogP contribution in [0.1, 0.15) is 23.2 Å². The van der Waals surface area contributed by atoms with Crippen LogP contribution < -0.4 is 15.0 Å². The standard InChI is InChI=1S/C22H24N6O3/c29-22-17-7-6-16(27-9-12-30-13-10-27)14-19(17)31-11-2-1-8-28-15-23-26-21(28)18-4-3-5-20(24-18)25-22/h3-7,14-15H,1-2,8-13H2,(H,24,25,29). The number of morpholine rings is 1. The number of aromatic nitrogens is 4. The lowest BCUT2D eigenvalue weighted by Gasteiger charge is -2.29. The molecule has 0 aliphatic carbocycles. The fourth-order valence-electron chi connectivity index (χ4n) is 3.83. The summed E-state index contributed by atoms with van der Waals surface area (Å²) in [5, 5.41) is 11.1. The predicted molar refractivity (Wildman–Crippen MR) is 115 cm³/mol. The first kappa shape index (κ1) is 19.5. The van der Waals surface area contributed by atoms with Gasteiger partial charge in [0.1, 0.15) is 23.6 Å². The average molecular weight is 420 g/mol. The van der Waals surface area contributed by atoms with Gasteiger partial charge in [0.15, 0.2) is 5.82 Å². The van der Waals surface area contributed by atoms with Crippen LogP contribution >= 0.6 is 0 Å². The van der Waals surface area contributed by atoms with E-state index in [4.69, 9.17) is 9.47 Å². The molecule has 1 N–H and O–H groups in total. The van der Waals surface area contributed by atoms with Gasteiger partial charge in [0.25, 0.3) is 5.91 Å². The summed E-state index contributed by atoms with van der Waals surface area (Å²) >= 11 is 0. The van der Waals surface area contributed by atoms with Crippen molar-refractivity contribution in [3.63, 3.8) is 0 Å². The first-order valence-corrected chi connectivity index (χ1v) is 10.5. The second kappa shape index (κ2) is 8.73. The summed E-state index contributed by atoms with van der Waals surface area (Å²) in [5.41, 5.74) is 2.20. The number of nitrogens with zero attached hydrogens (tertiary/aromatic N) is 5. The van der Waals surface area contributed by atoms with Crippen molar-refractivity contribution in [3.8, 4) is 17.3 Å². The molecule has 1 fully saturated rings. The molecule has 31 heavy (non-hydrogen) atoms. The number of fused-ring (bicyclic) bond motifs is 5. The third-order valence-corrected chi connectivity index (χ3v) is 5.47. The van der Waals surface area contributed by atoms with E-state index in [9.17, 15) is 4.79 Å². The van der Waals surface area contributed by atoms with E-state index in [-0.39, 0.29) is 5.91 Å². The largest absolute Gasteiger partial charge is 0.493 e. The van der Waals surface area contributed by atoms with Gasteiger partial charge in [0.05, 0.1) is 25.4 Å². The number of hydrogen-bond donors (Lipinski definition) is 1. The minimum absolute atomic E-state index is 0.258. The van der Waals surface area contributed by atoms with Crippen molar-refractivity contribution in [3.05, 3.63) is 48.3 Å². The zero-order valence-corrected chi connectivity index (χ0v) is 17.2. The first-order chi connectivity index (χ1) is 15.3. The Morgan fingerprint density at radius 2 is 1.90 bits per heavy atom. The van der Waals surface area contributed by atoms with Crippen LogP contribution in [0.15, 0.2) is 42.7 Å². The lowest BCUT2D eigenvalue weighted by Crippen LogP contribution is -2.36. The summed E-state index contributed by atoms with van der Waals surface area (Å²) in [6.07, 6.45) is 3.45. The number of aryl methyl sites for hydroxylation is 1. The van der Waals surface area contributed by atoms with Crippen LogP contribution in [0.4, 0.5) is 11.5 Å². The van der Waals surface area contributed by atoms with Crippen LogP contribution in [0.3, 0.4) is 0 Å². The van der Waals surface area contributed by atoms with Gasteiger partial charge in [0.2, 0.25) is 0 Å². The second-order valence-corrected chi connectivity index (χ2v) is 7.55. The summed E-state index contributed by atoms with van der Waals surface area (Å²) in [7, 11) is 0. The van der Waals surface area contributed by atoms with Crippen molar-refractivity contribution in [2.24, 2.45) is 0 Å². The quantitative estimate of drug-likeness (QED) is 0.647. The highest BCUT2D eigenvalue weighted by atomic mass is 16.5. The van der Waals surface area contributed by atoms with E-state index in [1.165, 1.54) is 0 Å². The molecule has 4 heterocycles. The van der Waals surface area contributed by atoms with Gasteiger partial charge in [-0.1, -0.05) is 6.07 Å². The van der Waals surface area contributed by atoms with Crippen LogP contribution in [-0.2, 0) is 11.3 Å². The van der Waals surface area contributed by atoms with E-state index in [1.807, 2.05) is 34.9 Å². The molecule has 1 aromatic carbocycles. The Balaban J connectivity index is 1.47. The molecule has 2 aromatic heterocycles. The number of carbonyl (C=O) groups is 1. The zero-order chi connectivity index (χ0) is 21.0. The van der Waals surface area contributed by atoms with Crippen molar-refractivity contribution in [2.75, 3.05) is 43.1 Å². The van der Waals surface area contributed by atoms with Crippen molar-refractivity contribution < 1.29 is 14.3 Å². The molecule has 2 bridgehead atoms. The molecule has 5 rings (SSSR count). The molecule has 0 spiro atoms. The summed E-state index contributed by atoms with van der Waals surface area (Å²) in [6.45, 7) is 4.33. The maximum absolute atomic E-state index is 13.1. The van der Waals surface area contributed by atoms with E-state index < -0.39 is 0 Å². The fraction of sp³-hybridized carbons (Fsp3) is 0.364. The number of carbonyl (C=O) groups excluding carboxylic acids is 1. The summed E-state index contributed by atoms with van der Waals surface area (Å²) in [5.74, 6) is 1.47. The Bertz CT molecular complexity index is 1080. The number of rotatable bonds is 1. The highest BCUT2D eigenvalue weighted by Gasteiger charge is 2.19. The molecular weight excluding hydrogens is 396 g/mol. The number of anilines is 2. The summed E-state index contributed by atoms with van der Waals surface area (Å²) < 4.78 is 13.5. The minimum atomic E-state index is -0.258. The Hall–Kier alpha value is -3.46. The molecule has 160 valence electrons. The Kier molecular flexibility index (Phi) is 5.49. The molecule has 1 saturated heterocycles. The Morgan fingerprint density at radius 3 is 2.81 bits per heavy atom. The normalized spacial score (nSPS) is 17.0. The number of amides is 1. The number of ether oxygens (including phenoxy) is 2. The Labute approximate surface area is 180 Å². The van der Waals surface area contributed by atoms with Gasteiger partial charge in [-0.15, -0.1) is 10.2 Å². The van der Waals surface area contributed by atoms with Crippen molar-refractivity contribution >= 4 is 17.4 Å². The minimum Gasteiger partial charge on any atom is -0.493 e. The van der Waals surface area contributed by atoms with Crippen molar-refractivity contribution in [1.82, 2.24) is 19.7 Å². The third kappa shape index (κ3) is 4.22. The van der Waals surface area contributed by atoms with E-state index in [1.54, 1.807) is 12.4 Å². The summed E-state index contributed by atoms with van der Waals surface area (Å²) in [6, 6.07) is 11.2. The van der Waals surface area contributed by atoms with Gasteiger partial charge in [-0.2, -0.15) is 0 Å². The molecule has 0 unspecified atom stereocenters. The maximum atomic E-state index is 13.1. The average Bonchev–Trinajstić information content (AvgIpc) is 3.27. The van der Waals surface area contributed by atoms with Crippen LogP contribution in [0, 0.1) is 0 Å². The molecule has 9 heteroatoms. The number of nitrogens with one attached hydrogen (secondary N) is 1. The number of pyridine rings is 1. The smallest absolute Gasteiger partial charge is 0.260 e. The van der Waals surface area contributed by atoms with Gasteiger partial charge in [0, 0.05) is 31.4 Å². The van der Waals surface area contributed by atoms with E-state index in [0.717, 1.165) is 38.2 Å². The van der Waals surface area contributed by atoms with Gasteiger partial charge in [-0.25, -0.2) is 4.98 Å². The molecule has 0 atom stereocenters. The van der Waals surface area contributed by atoms with Crippen LogP contribution in [0.2, 0.25) is 0 Å². The summed E-state index contributed by atoms with van der Waals surface area (Å²) in [4.78, 5) is 19.9.